The SMILES string of the molecule is CC1(C)C2OCCCC2C1(N)C(=O)N1CCn2ccnc2C1.Cl.Cl. The lowest BCUT2D eigenvalue weighted by atomic mass is 9.46. The fraction of sp³-hybridized carbons (Fsp3) is 0.750. The first-order valence-electron chi connectivity index (χ1n) is 8.16. The Balaban J connectivity index is 0.00000104. The van der Waals surface area contributed by atoms with Crippen LogP contribution in [-0.2, 0) is 22.6 Å². The molecule has 1 amide bonds. The molecule has 4 rings (SSSR count). The Morgan fingerprint density at radius 2 is 2.12 bits per heavy atom. The van der Waals surface area contributed by atoms with Crippen molar-refractivity contribution in [1.82, 2.24) is 14.5 Å². The number of hydrogen-bond donors (Lipinski definition) is 1. The largest absolute Gasteiger partial charge is 0.377 e. The maximum Gasteiger partial charge on any atom is 0.244 e. The Labute approximate surface area is 154 Å². The lowest BCUT2D eigenvalue weighted by molar-refractivity contribution is -0.230. The summed E-state index contributed by atoms with van der Waals surface area (Å²) in [6, 6.07) is 0. The van der Waals surface area contributed by atoms with E-state index in [0.29, 0.717) is 13.1 Å². The van der Waals surface area contributed by atoms with E-state index in [1.165, 1.54) is 0 Å². The van der Waals surface area contributed by atoms with Crippen molar-refractivity contribution < 1.29 is 9.53 Å². The number of carbonyl (C=O) groups excluding carboxylic acids is 1. The van der Waals surface area contributed by atoms with Gasteiger partial charge >= 0.3 is 0 Å². The van der Waals surface area contributed by atoms with Crippen molar-refractivity contribution in [3.8, 4) is 0 Å². The Morgan fingerprint density at radius 1 is 1.38 bits per heavy atom. The van der Waals surface area contributed by atoms with Gasteiger partial charge in [0.15, 0.2) is 0 Å². The first-order valence-corrected chi connectivity index (χ1v) is 8.16. The van der Waals surface area contributed by atoms with E-state index in [2.05, 4.69) is 23.4 Å². The maximum atomic E-state index is 13.2. The normalized spacial score (nSPS) is 33.2. The molecular weight excluding hydrogens is 351 g/mol. The molecule has 2 fully saturated rings. The number of hydrogen-bond acceptors (Lipinski definition) is 4. The van der Waals surface area contributed by atoms with Crippen LogP contribution < -0.4 is 5.73 Å². The summed E-state index contributed by atoms with van der Waals surface area (Å²) < 4.78 is 8.00. The first kappa shape index (κ1) is 19.5. The van der Waals surface area contributed by atoms with Crippen molar-refractivity contribution in [3.05, 3.63) is 18.2 Å². The van der Waals surface area contributed by atoms with Gasteiger partial charge in [0.2, 0.25) is 5.91 Å². The van der Waals surface area contributed by atoms with Gasteiger partial charge in [-0.2, -0.15) is 0 Å². The minimum absolute atomic E-state index is 0. The molecule has 1 aromatic heterocycles. The number of nitrogens with zero attached hydrogens (tertiary/aromatic N) is 3. The molecule has 1 aromatic rings. The van der Waals surface area contributed by atoms with Crippen molar-refractivity contribution >= 4 is 30.7 Å². The number of aromatic nitrogens is 2. The highest BCUT2D eigenvalue weighted by atomic mass is 35.5. The van der Waals surface area contributed by atoms with Crippen LogP contribution in [0.5, 0.6) is 0 Å². The Hall–Kier alpha value is -0.820. The molecule has 3 unspecified atom stereocenters. The van der Waals surface area contributed by atoms with E-state index in [9.17, 15) is 4.79 Å². The van der Waals surface area contributed by atoms with Gasteiger partial charge in [-0.25, -0.2) is 4.98 Å². The van der Waals surface area contributed by atoms with Crippen LogP contribution in [-0.4, -0.2) is 45.2 Å². The van der Waals surface area contributed by atoms with Gasteiger partial charge in [-0.3, -0.25) is 4.79 Å². The average molecular weight is 377 g/mol. The first-order chi connectivity index (χ1) is 10.5. The number of halogens is 2. The molecule has 1 aliphatic carbocycles. The number of fused-ring (bicyclic) bond motifs is 2. The van der Waals surface area contributed by atoms with Gasteiger partial charge in [-0.15, -0.1) is 24.8 Å². The van der Waals surface area contributed by atoms with Crippen LogP contribution in [0.1, 0.15) is 32.5 Å². The molecule has 3 aliphatic rings. The van der Waals surface area contributed by atoms with Crippen LogP contribution in [0.25, 0.3) is 0 Å². The van der Waals surface area contributed by atoms with Gasteiger partial charge in [-0.05, 0) is 12.8 Å². The number of rotatable bonds is 1. The van der Waals surface area contributed by atoms with Gasteiger partial charge in [-0.1, -0.05) is 13.8 Å². The second kappa shape index (κ2) is 6.48. The summed E-state index contributed by atoms with van der Waals surface area (Å²) in [5.74, 6) is 1.15. The fourth-order valence-corrected chi connectivity index (χ4v) is 4.62. The predicted molar refractivity (Wildman–Crippen MR) is 95.3 cm³/mol. The molecule has 24 heavy (non-hydrogen) atoms. The molecule has 3 heterocycles. The third kappa shape index (κ3) is 2.38. The van der Waals surface area contributed by atoms with E-state index in [-0.39, 0.29) is 48.2 Å². The summed E-state index contributed by atoms with van der Waals surface area (Å²) in [6.07, 6.45) is 5.85. The van der Waals surface area contributed by atoms with E-state index in [1.54, 1.807) is 6.20 Å². The molecule has 2 aliphatic heterocycles. The molecule has 0 spiro atoms. The molecule has 2 N–H and O–H groups in total. The fourth-order valence-electron chi connectivity index (χ4n) is 4.62. The number of imidazole rings is 1. The van der Waals surface area contributed by atoms with Crippen LogP contribution in [0.2, 0.25) is 0 Å². The predicted octanol–water partition coefficient (Wildman–Crippen LogP) is 1.60. The summed E-state index contributed by atoms with van der Waals surface area (Å²) in [7, 11) is 0. The zero-order valence-corrected chi connectivity index (χ0v) is 15.7. The van der Waals surface area contributed by atoms with Gasteiger partial charge < -0.3 is 19.9 Å². The summed E-state index contributed by atoms with van der Waals surface area (Å²) >= 11 is 0. The highest BCUT2D eigenvalue weighted by Crippen LogP contribution is 2.58. The van der Waals surface area contributed by atoms with Crippen LogP contribution >= 0.6 is 24.8 Å². The van der Waals surface area contributed by atoms with Gasteiger partial charge in [0.1, 0.15) is 11.4 Å². The monoisotopic (exact) mass is 376 g/mol. The van der Waals surface area contributed by atoms with Gasteiger partial charge in [0.05, 0.1) is 12.6 Å². The Morgan fingerprint density at radius 3 is 2.88 bits per heavy atom. The molecule has 1 saturated heterocycles. The van der Waals surface area contributed by atoms with Crippen molar-refractivity contribution in [1.29, 1.82) is 0 Å². The second-order valence-electron chi connectivity index (χ2n) is 7.39. The maximum absolute atomic E-state index is 13.2. The number of amides is 1. The summed E-state index contributed by atoms with van der Waals surface area (Å²) in [4.78, 5) is 19.4. The van der Waals surface area contributed by atoms with E-state index in [1.807, 2.05) is 11.1 Å². The summed E-state index contributed by atoms with van der Waals surface area (Å²) in [5.41, 5.74) is 5.58. The molecule has 0 bridgehead atoms. The van der Waals surface area contributed by atoms with E-state index in [4.69, 9.17) is 10.5 Å². The lowest BCUT2D eigenvalue weighted by Gasteiger charge is -2.65. The van der Waals surface area contributed by atoms with Crippen LogP contribution in [0.4, 0.5) is 0 Å². The minimum Gasteiger partial charge on any atom is -0.377 e. The number of nitrogens with two attached hydrogens (primary N) is 1. The highest BCUT2D eigenvalue weighted by molar-refractivity contribution is 5.89. The van der Waals surface area contributed by atoms with Crippen molar-refractivity contribution in [2.75, 3.05) is 13.2 Å². The van der Waals surface area contributed by atoms with Crippen molar-refractivity contribution in [2.24, 2.45) is 17.1 Å². The quantitative estimate of drug-likeness (QED) is 0.807. The van der Waals surface area contributed by atoms with Crippen molar-refractivity contribution in [2.45, 2.75) is 51.4 Å². The van der Waals surface area contributed by atoms with Crippen LogP contribution in [0.3, 0.4) is 0 Å². The number of carbonyl (C=O) groups is 1. The summed E-state index contributed by atoms with van der Waals surface area (Å²) in [6.45, 7) is 6.98. The average Bonchev–Trinajstić information content (AvgIpc) is 3.00. The minimum atomic E-state index is -0.813. The third-order valence-electron chi connectivity index (χ3n) is 6.07. The Bertz CT molecular complexity index is 621. The van der Waals surface area contributed by atoms with Crippen LogP contribution in [0, 0.1) is 11.3 Å². The lowest BCUT2D eigenvalue weighted by Crippen LogP contribution is -2.82. The third-order valence-corrected chi connectivity index (χ3v) is 6.07. The molecule has 8 heteroatoms. The highest BCUT2D eigenvalue weighted by Gasteiger charge is 2.70. The van der Waals surface area contributed by atoms with Crippen molar-refractivity contribution in [3.63, 3.8) is 0 Å². The zero-order chi connectivity index (χ0) is 15.5. The molecule has 1 saturated carbocycles. The van der Waals surface area contributed by atoms with E-state index in [0.717, 1.165) is 31.8 Å². The standard InChI is InChI=1S/C16H24N4O2.2ClH/c1-15(2)13-11(4-3-9-22-13)16(15,17)14(21)20-8-7-19-6-5-18-12(19)10-20;;/h5-6,11,13H,3-4,7-10,17H2,1-2H3;2*1H. The molecule has 0 aromatic carbocycles. The smallest absolute Gasteiger partial charge is 0.244 e. The second-order valence-corrected chi connectivity index (χ2v) is 7.39. The zero-order valence-electron chi connectivity index (χ0n) is 14.1. The molecule has 136 valence electrons. The Kier molecular flexibility index (Phi) is 5.27. The van der Waals surface area contributed by atoms with Gasteiger partial charge in [0, 0.05) is 43.4 Å². The van der Waals surface area contributed by atoms with Gasteiger partial charge in [0.25, 0.3) is 0 Å². The topological polar surface area (TPSA) is 73.4 Å². The number of ether oxygens (including phenoxy) is 1. The van der Waals surface area contributed by atoms with E-state index >= 15 is 0 Å². The summed E-state index contributed by atoms with van der Waals surface area (Å²) in [5, 5.41) is 0. The molecular formula is C16H26Cl2N4O2. The van der Waals surface area contributed by atoms with Crippen LogP contribution in [0.15, 0.2) is 12.4 Å². The molecule has 6 nitrogen and oxygen atoms in total. The molecule has 3 atom stereocenters. The van der Waals surface area contributed by atoms with E-state index < -0.39 is 5.54 Å². The molecule has 0 radical (unpaired) electrons.